The van der Waals surface area contributed by atoms with Gasteiger partial charge in [-0.05, 0) is 12.1 Å². The second-order valence-electron chi connectivity index (χ2n) is 2.88. The largest absolute Gasteiger partial charge is 0.484 e. The minimum absolute atomic E-state index is 0.155. The third-order valence-electron chi connectivity index (χ3n) is 1.82. The molecule has 1 heterocycles. The zero-order chi connectivity index (χ0) is 9.31. The molecule has 1 unspecified atom stereocenters. The van der Waals surface area contributed by atoms with Gasteiger partial charge in [-0.3, -0.25) is 0 Å². The average molecular weight is 201 g/mol. The molecule has 0 saturated carbocycles. The molecule has 1 aliphatic heterocycles. The summed E-state index contributed by atoms with van der Waals surface area (Å²) in [5, 5.41) is 7.81. The standard InChI is InChI=1S/C9H9ClO3/c10-9(5-11)6-12-7-3-1-2-4-8(7)13-9/h1-4,11H,5-6H2. The number of fused-ring (bicyclic) bond motifs is 1. The molecule has 0 aromatic heterocycles. The van der Waals surface area contributed by atoms with Crippen LogP contribution in [0, 0.1) is 0 Å². The van der Waals surface area contributed by atoms with Crippen LogP contribution in [0.4, 0.5) is 0 Å². The number of alkyl halides is 1. The van der Waals surface area contributed by atoms with Gasteiger partial charge in [0.1, 0.15) is 13.2 Å². The number of para-hydroxylation sites is 2. The molecule has 0 amide bonds. The molecule has 1 aliphatic rings. The van der Waals surface area contributed by atoms with Gasteiger partial charge in [0, 0.05) is 0 Å². The van der Waals surface area contributed by atoms with E-state index in [1.54, 1.807) is 12.1 Å². The van der Waals surface area contributed by atoms with Gasteiger partial charge in [-0.1, -0.05) is 23.7 Å². The normalized spacial score (nSPS) is 25.7. The van der Waals surface area contributed by atoms with Crippen molar-refractivity contribution in [1.82, 2.24) is 0 Å². The van der Waals surface area contributed by atoms with Crippen molar-refractivity contribution in [2.45, 2.75) is 5.06 Å². The highest BCUT2D eigenvalue weighted by molar-refractivity contribution is 6.23. The van der Waals surface area contributed by atoms with Crippen LogP contribution >= 0.6 is 11.6 Å². The Morgan fingerprint density at radius 3 is 2.77 bits per heavy atom. The number of rotatable bonds is 1. The van der Waals surface area contributed by atoms with Crippen molar-refractivity contribution in [3.8, 4) is 11.5 Å². The molecule has 1 aromatic rings. The first-order chi connectivity index (χ1) is 6.23. The molecule has 0 fully saturated rings. The topological polar surface area (TPSA) is 38.7 Å². The summed E-state index contributed by atoms with van der Waals surface area (Å²) in [5.41, 5.74) is 0. The second-order valence-corrected chi connectivity index (χ2v) is 3.57. The maximum absolute atomic E-state index is 8.94. The Balaban J connectivity index is 2.29. The van der Waals surface area contributed by atoms with Gasteiger partial charge in [0.15, 0.2) is 11.5 Å². The Kier molecular flexibility index (Phi) is 2.06. The summed E-state index contributed by atoms with van der Waals surface area (Å²) in [6.45, 7) is -0.120. The quantitative estimate of drug-likeness (QED) is 0.697. The molecule has 4 heteroatoms. The first-order valence-electron chi connectivity index (χ1n) is 3.94. The lowest BCUT2D eigenvalue weighted by molar-refractivity contribution is 0.0138. The maximum Gasteiger partial charge on any atom is 0.238 e. The molecule has 0 saturated heterocycles. The highest BCUT2D eigenvalue weighted by Crippen LogP contribution is 2.36. The van der Waals surface area contributed by atoms with E-state index in [9.17, 15) is 0 Å². The molecule has 2 rings (SSSR count). The molecule has 0 radical (unpaired) electrons. The Morgan fingerprint density at radius 1 is 1.38 bits per heavy atom. The van der Waals surface area contributed by atoms with Crippen LogP contribution in [0.25, 0.3) is 0 Å². The number of hydrogen-bond donors (Lipinski definition) is 1. The van der Waals surface area contributed by atoms with Crippen LogP contribution in [0.5, 0.6) is 11.5 Å². The smallest absolute Gasteiger partial charge is 0.238 e. The van der Waals surface area contributed by atoms with Gasteiger partial charge >= 0.3 is 0 Å². The third-order valence-corrected chi connectivity index (χ3v) is 2.13. The van der Waals surface area contributed by atoms with E-state index in [1.807, 2.05) is 12.1 Å². The van der Waals surface area contributed by atoms with E-state index in [-0.39, 0.29) is 13.2 Å². The third kappa shape index (κ3) is 1.57. The van der Waals surface area contributed by atoms with Gasteiger partial charge in [0.05, 0.1) is 0 Å². The minimum atomic E-state index is -1.13. The number of halogens is 1. The number of hydrogen-bond acceptors (Lipinski definition) is 3. The van der Waals surface area contributed by atoms with E-state index in [0.29, 0.717) is 11.5 Å². The fourth-order valence-corrected chi connectivity index (χ4v) is 1.28. The highest BCUT2D eigenvalue weighted by Gasteiger charge is 2.34. The molecule has 13 heavy (non-hydrogen) atoms. The minimum Gasteiger partial charge on any atom is -0.484 e. The van der Waals surface area contributed by atoms with Crippen molar-refractivity contribution in [2.75, 3.05) is 13.2 Å². The van der Waals surface area contributed by atoms with Gasteiger partial charge in [-0.15, -0.1) is 0 Å². The van der Waals surface area contributed by atoms with E-state index < -0.39 is 5.06 Å². The fraction of sp³-hybridized carbons (Fsp3) is 0.333. The van der Waals surface area contributed by atoms with E-state index in [4.69, 9.17) is 26.2 Å². The fourth-order valence-electron chi connectivity index (χ4n) is 1.14. The number of benzene rings is 1. The summed E-state index contributed by atoms with van der Waals surface area (Å²) >= 11 is 5.89. The molecule has 70 valence electrons. The molecule has 1 aromatic carbocycles. The van der Waals surface area contributed by atoms with Crippen LogP contribution in [0.15, 0.2) is 24.3 Å². The van der Waals surface area contributed by atoms with Crippen LogP contribution in [0.3, 0.4) is 0 Å². The van der Waals surface area contributed by atoms with Gasteiger partial charge in [0.25, 0.3) is 0 Å². The van der Waals surface area contributed by atoms with Crippen LogP contribution in [0.1, 0.15) is 0 Å². The van der Waals surface area contributed by atoms with Crippen molar-refractivity contribution < 1.29 is 14.6 Å². The molecular formula is C9H9ClO3. The number of aliphatic hydroxyl groups is 1. The Morgan fingerprint density at radius 2 is 2.08 bits per heavy atom. The predicted molar refractivity (Wildman–Crippen MR) is 48.2 cm³/mol. The van der Waals surface area contributed by atoms with Crippen LogP contribution in [-0.2, 0) is 0 Å². The lowest BCUT2D eigenvalue weighted by Gasteiger charge is -2.31. The summed E-state index contributed by atoms with van der Waals surface area (Å²) in [6.07, 6.45) is 0. The Bertz CT molecular complexity index is 315. The number of ether oxygens (including phenoxy) is 2. The number of aliphatic hydroxyl groups excluding tert-OH is 1. The van der Waals surface area contributed by atoms with Crippen molar-refractivity contribution in [2.24, 2.45) is 0 Å². The van der Waals surface area contributed by atoms with Crippen molar-refractivity contribution in [1.29, 1.82) is 0 Å². The van der Waals surface area contributed by atoms with E-state index in [0.717, 1.165) is 0 Å². The lowest BCUT2D eigenvalue weighted by atomic mass is 10.2. The molecule has 0 bridgehead atoms. The summed E-state index contributed by atoms with van der Waals surface area (Å²) in [4.78, 5) is 0. The van der Waals surface area contributed by atoms with Gasteiger partial charge < -0.3 is 14.6 Å². The predicted octanol–water partition coefficient (Wildman–Crippen LogP) is 1.39. The summed E-state index contributed by atoms with van der Waals surface area (Å²) in [6, 6.07) is 7.22. The summed E-state index contributed by atoms with van der Waals surface area (Å²) < 4.78 is 10.7. The van der Waals surface area contributed by atoms with Crippen LogP contribution in [0.2, 0.25) is 0 Å². The van der Waals surface area contributed by atoms with Gasteiger partial charge in [-0.25, -0.2) is 0 Å². The lowest BCUT2D eigenvalue weighted by Crippen LogP contribution is -2.42. The molecular weight excluding hydrogens is 192 g/mol. The molecule has 3 nitrogen and oxygen atoms in total. The summed E-state index contributed by atoms with van der Waals surface area (Å²) in [5.74, 6) is 1.23. The van der Waals surface area contributed by atoms with Gasteiger partial charge in [0.2, 0.25) is 5.06 Å². The second kappa shape index (κ2) is 3.09. The van der Waals surface area contributed by atoms with Crippen molar-refractivity contribution >= 4 is 11.6 Å². The van der Waals surface area contributed by atoms with E-state index in [2.05, 4.69) is 0 Å². The van der Waals surface area contributed by atoms with Crippen molar-refractivity contribution in [3.63, 3.8) is 0 Å². The van der Waals surface area contributed by atoms with Gasteiger partial charge in [-0.2, -0.15) is 0 Å². The zero-order valence-electron chi connectivity index (χ0n) is 6.87. The van der Waals surface area contributed by atoms with E-state index in [1.165, 1.54) is 0 Å². The monoisotopic (exact) mass is 200 g/mol. The Hall–Kier alpha value is -0.930. The van der Waals surface area contributed by atoms with Crippen LogP contribution < -0.4 is 9.47 Å². The van der Waals surface area contributed by atoms with Crippen LogP contribution in [-0.4, -0.2) is 23.4 Å². The molecule has 1 N–H and O–H groups in total. The highest BCUT2D eigenvalue weighted by atomic mass is 35.5. The molecule has 1 atom stereocenters. The molecule has 0 spiro atoms. The maximum atomic E-state index is 8.94. The Labute approximate surface area is 80.8 Å². The van der Waals surface area contributed by atoms with Crippen molar-refractivity contribution in [3.05, 3.63) is 24.3 Å². The first kappa shape index (κ1) is 8.66. The first-order valence-corrected chi connectivity index (χ1v) is 4.32. The molecule has 0 aliphatic carbocycles. The SMILES string of the molecule is OCC1(Cl)COc2ccccc2O1. The summed E-state index contributed by atoms with van der Waals surface area (Å²) in [7, 11) is 0. The average Bonchev–Trinajstić information content (AvgIpc) is 2.18. The zero-order valence-corrected chi connectivity index (χ0v) is 7.62. The van der Waals surface area contributed by atoms with E-state index >= 15 is 0 Å².